The van der Waals surface area contributed by atoms with Crippen molar-refractivity contribution in [3.8, 4) is 0 Å². The Hall–Kier alpha value is -1.49. The van der Waals surface area contributed by atoms with Crippen LogP contribution in [0.25, 0.3) is 0 Å². The third-order valence-corrected chi connectivity index (χ3v) is 3.42. The molecular formula is C14H21N3O2. The smallest absolute Gasteiger partial charge is 0.254 e. The molecule has 2 heterocycles. The third-order valence-electron chi connectivity index (χ3n) is 3.42. The molecule has 1 fully saturated rings. The lowest BCUT2D eigenvalue weighted by molar-refractivity contribution is 0.00737. The molecule has 19 heavy (non-hydrogen) atoms. The topological polar surface area (TPSA) is 64.1 Å². The molecule has 1 aliphatic heterocycles. The van der Waals surface area contributed by atoms with Gasteiger partial charge in [0.05, 0.1) is 11.7 Å². The zero-order valence-corrected chi connectivity index (χ0v) is 11.7. The lowest BCUT2D eigenvalue weighted by Crippen LogP contribution is -2.38. The van der Waals surface area contributed by atoms with Crippen molar-refractivity contribution in [3.05, 3.63) is 24.3 Å². The molecule has 104 valence electrons. The predicted octanol–water partition coefficient (Wildman–Crippen LogP) is 1.66. The fourth-order valence-corrected chi connectivity index (χ4v) is 2.54. The number of rotatable bonds is 3. The first kappa shape index (κ1) is 13.9. The number of hydrogen-bond acceptors (Lipinski definition) is 4. The standard InChI is InChI=1S/C14H21N3O2/c1-14(2,3)12-10(4-5-19-12)8-17-13(18)11-6-15-9-16-7-11/h6-7,9-10,12H,4-5,8H2,1-3H3,(H,17,18)/t10-,12+/m1/s1. The second-order valence-electron chi connectivity index (χ2n) is 6.04. The number of ether oxygens (including phenoxy) is 1. The highest BCUT2D eigenvalue weighted by Crippen LogP contribution is 2.34. The number of aromatic nitrogens is 2. The van der Waals surface area contributed by atoms with E-state index in [9.17, 15) is 4.79 Å². The quantitative estimate of drug-likeness (QED) is 0.900. The minimum Gasteiger partial charge on any atom is -0.377 e. The van der Waals surface area contributed by atoms with Crippen LogP contribution in [-0.4, -0.2) is 35.1 Å². The van der Waals surface area contributed by atoms with Crippen LogP contribution in [0.15, 0.2) is 18.7 Å². The van der Waals surface area contributed by atoms with Crippen molar-refractivity contribution < 1.29 is 9.53 Å². The lowest BCUT2D eigenvalue weighted by Gasteiger charge is -2.31. The van der Waals surface area contributed by atoms with Crippen molar-refractivity contribution in [1.82, 2.24) is 15.3 Å². The Kier molecular flexibility index (Phi) is 4.14. The lowest BCUT2D eigenvalue weighted by atomic mass is 9.81. The minimum absolute atomic E-state index is 0.0990. The molecule has 5 heteroatoms. The highest BCUT2D eigenvalue weighted by atomic mass is 16.5. The van der Waals surface area contributed by atoms with Gasteiger partial charge in [0, 0.05) is 31.5 Å². The van der Waals surface area contributed by atoms with Crippen molar-refractivity contribution in [2.45, 2.75) is 33.3 Å². The van der Waals surface area contributed by atoms with Gasteiger partial charge in [-0.05, 0) is 11.8 Å². The summed E-state index contributed by atoms with van der Waals surface area (Å²) in [6.07, 6.45) is 5.65. The van der Waals surface area contributed by atoms with Crippen molar-refractivity contribution in [2.75, 3.05) is 13.2 Å². The largest absolute Gasteiger partial charge is 0.377 e. The SMILES string of the molecule is CC(C)(C)[C@H]1OCC[C@@H]1CNC(=O)c1cncnc1. The number of amides is 1. The maximum Gasteiger partial charge on any atom is 0.254 e. The first-order chi connectivity index (χ1) is 8.98. The number of hydrogen-bond donors (Lipinski definition) is 1. The van der Waals surface area contributed by atoms with Crippen LogP contribution in [0.3, 0.4) is 0 Å². The number of nitrogens with one attached hydrogen (secondary N) is 1. The van der Waals surface area contributed by atoms with E-state index in [0.29, 0.717) is 18.0 Å². The summed E-state index contributed by atoms with van der Waals surface area (Å²) >= 11 is 0. The summed E-state index contributed by atoms with van der Waals surface area (Å²) in [6, 6.07) is 0. The summed E-state index contributed by atoms with van der Waals surface area (Å²) < 4.78 is 5.79. The normalized spacial score (nSPS) is 23.3. The molecule has 0 aliphatic carbocycles. The Morgan fingerprint density at radius 3 is 2.74 bits per heavy atom. The first-order valence-corrected chi connectivity index (χ1v) is 6.63. The summed E-state index contributed by atoms with van der Waals surface area (Å²) in [5.41, 5.74) is 0.593. The zero-order chi connectivity index (χ0) is 13.9. The minimum atomic E-state index is -0.125. The molecule has 2 atom stereocenters. The van der Waals surface area contributed by atoms with Crippen LogP contribution < -0.4 is 5.32 Å². The summed E-state index contributed by atoms with van der Waals surface area (Å²) in [4.78, 5) is 19.6. The fourth-order valence-electron chi connectivity index (χ4n) is 2.54. The predicted molar refractivity (Wildman–Crippen MR) is 71.7 cm³/mol. The highest BCUT2D eigenvalue weighted by molar-refractivity contribution is 5.93. The Balaban J connectivity index is 1.90. The van der Waals surface area contributed by atoms with E-state index in [1.165, 1.54) is 18.7 Å². The monoisotopic (exact) mass is 263 g/mol. The van der Waals surface area contributed by atoms with Crippen LogP contribution in [0, 0.1) is 11.3 Å². The second kappa shape index (κ2) is 5.65. The van der Waals surface area contributed by atoms with Crippen molar-refractivity contribution in [2.24, 2.45) is 11.3 Å². The maximum absolute atomic E-state index is 11.9. The molecule has 1 aliphatic rings. The number of carbonyl (C=O) groups excluding carboxylic acids is 1. The Labute approximate surface area is 113 Å². The molecule has 0 aromatic carbocycles. The summed E-state index contributed by atoms with van der Waals surface area (Å²) in [5.74, 6) is 0.244. The van der Waals surface area contributed by atoms with Gasteiger partial charge in [0.1, 0.15) is 6.33 Å². The van der Waals surface area contributed by atoms with Gasteiger partial charge >= 0.3 is 0 Å². The van der Waals surface area contributed by atoms with Gasteiger partial charge in [-0.15, -0.1) is 0 Å². The summed E-state index contributed by atoms with van der Waals surface area (Å²) in [7, 11) is 0. The fraction of sp³-hybridized carbons (Fsp3) is 0.643. The van der Waals surface area contributed by atoms with Crippen LogP contribution in [0.5, 0.6) is 0 Å². The van der Waals surface area contributed by atoms with Crippen LogP contribution >= 0.6 is 0 Å². The molecule has 1 aromatic heterocycles. The molecular weight excluding hydrogens is 242 g/mol. The zero-order valence-electron chi connectivity index (χ0n) is 11.7. The molecule has 1 saturated heterocycles. The van der Waals surface area contributed by atoms with Gasteiger partial charge in [-0.25, -0.2) is 9.97 Å². The van der Waals surface area contributed by atoms with E-state index in [1.54, 1.807) is 0 Å². The molecule has 0 radical (unpaired) electrons. The van der Waals surface area contributed by atoms with E-state index in [0.717, 1.165) is 13.0 Å². The van der Waals surface area contributed by atoms with Crippen LogP contribution in [0.4, 0.5) is 0 Å². The van der Waals surface area contributed by atoms with E-state index >= 15 is 0 Å². The van der Waals surface area contributed by atoms with Crippen LogP contribution in [-0.2, 0) is 4.74 Å². The van der Waals surface area contributed by atoms with Crippen LogP contribution in [0.1, 0.15) is 37.6 Å². The van der Waals surface area contributed by atoms with Gasteiger partial charge < -0.3 is 10.1 Å². The molecule has 2 rings (SSSR count). The van der Waals surface area contributed by atoms with E-state index < -0.39 is 0 Å². The molecule has 1 aromatic rings. The Morgan fingerprint density at radius 2 is 2.11 bits per heavy atom. The molecule has 0 unspecified atom stereocenters. The van der Waals surface area contributed by atoms with Crippen LogP contribution in [0.2, 0.25) is 0 Å². The van der Waals surface area contributed by atoms with Gasteiger partial charge in [0.2, 0.25) is 0 Å². The molecule has 0 bridgehead atoms. The second-order valence-corrected chi connectivity index (χ2v) is 6.04. The van der Waals surface area contributed by atoms with Gasteiger partial charge in [0.25, 0.3) is 5.91 Å². The molecule has 5 nitrogen and oxygen atoms in total. The van der Waals surface area contributed by atoms with E-state index in [2.05, 4.69) is 36.1 Å². The van der Waals surface area contributed by atoms with Gasteiger partial charge in [-0.1, -0.05) is 20.8 Å². The van der Waals surface area contributed by atoms with Crippen molar-refractivity contribution >= 4 is 5.91 Å². The number of carbonyl (C=O) groups is 1. The third kappa shape index (κ3) is 3.50. The van der Waals surface area contributed by atoms with E-state index in [1.807, 2.05) is 0 Å². The molecule has 0 saturated carbocycles. The molecule has 1 N–H and O–H groups in total. The Bertz CT molecular complexity index is 428. The number of nitrogens with zero attached hydrogens (tertiary/aromatic N) is 2. The summed E-state index contributed by atoms with van der Waals surface area (Å²) in [6.45, 7) is 7.92. The average molecular weight is 263 g/mol. The highest BCUT2D eigenvalue weighted by Gasteiger charge is 2.37. The maximum atomic E-state index is 11.9. The molecule has 1 amide bonds. The summed E-state index contributed by atoms with van der Waals surface area (Å²) in [5, 5.41) is 2.94. The van der Waals surface area contributed by atoms with Gasteiger partial charge in [-0.3, -0.25) is 4.79 Å². The van der Waals surface area contributed by atoms with Gasteiger partial charge in [-0.2, -0.15) is 0 Å². The average Bonchev–Trinajstić information content (AvgIpc) is 2.85. The van der Waals surface area contributed by atoms with Crippen molar-refractivity contribution in [1.29, 1.82) is 0 Å². The molecule has 0 spiro atoms. The van der Waals surface area contributed by atoms with Crippen molar-refractivity contribution in [3.63, 3.8) is 0 Å². The van der Waals surface area contributed by atoms with E-state index in [4.69, 9.17) is 4.74 Å². The van der Waals surface area contributed by atoms with Gasteiger partial charge in [0.15, 0.2) is 0 Å². The first-order valence-electron chi connectivity index (χ1n) is 6.63. The Morgan fingerprint density at radius 1 is 1.42 bits per heavy atom. The van der Waals surface area contributed by atoms with E-state index in [-0.39, 0.29) is 17.4 Å².